The molecule has 0 fully saturated rings. The van der Waals surface area contributed by atoms with E-state index in [2.05, 4.69) is 10.6 Å². The molecule has 1 aromatic carbocycles. The van der Waals surface area contributed by atoms with Gasteiger partial charge in [-0.05, 0) is 57.1 Å². The minimum atomic E-state index is -0.436. The summed E-state index contributed by atoms with van der Waals surface area (Å²) in [7, 11) is 1.75. The number of hydrogen-bond donors (Lipinski definition) is 2. The van der Waals surface area contributed by atoms with Crippen LogP contribution in [0.2, 0.25) is 0 Å². The predicted octanol–water partition coefficient (Wildman–Crippen LogP) is 2.47. The van der Waals surface area contributed by atoms with Gasteiger partial charge in [0.15, 0.2) is 0 Å². The molecule has 0 radical (unpaired) electrons. The summed E-state index contributed by atoms with van der Waals surface area (Å²) in [4.78, 5) is 26.2. The van der Waals surface area contributed by atoms with Crippen molar-refractivity contribution in [2.24, 2.45) is 0 Å². The smallest absolute Gasteiger partial charge is 0.241 e. The number of nitrogens with one attached hydrogen (secondary N) is 2. The molecule has 0 unspecified atom stereocenters. The molecule has 0 saturated heterocycles. The molecule has 134 valence electrons. The lowest BCUT2D eigenvalue weighted by Crippen LogP contribution is -2.44. The number of anilines is 1. The van der Waals surface area contributed by atoms with Crippen molar-refractivity contribution < 1.29 is 14.0 Å². The highest BCUT2D eigenvalue weighted by Gasteiger charge is 2.20. The maximum atomic E-state index is 12.4. The SMILES string of the molecule is Cc1ccc(C)c(NC(=O)[C@@H](C)N(C)CC(=O)NCc2ccco2)c1. The van der Waals surface area contributed by atoms with Crippen molar-refractivity contribution in [3.8, 4) is 0 Å². The summed E-state index contributed by atoms with van der Waals surface area (Å²) < 4.78 is 5.17. The first-order chi connectivity index (χ1) is 11.9. The molecule has 6 nitrogen and oxygen atoms in total. The molecule has 0 spiro atoms. The Labute approximate surface area is 148 Å². The molecule has 0 aliphatic rings. The van der Waals surface area contributed by atoms with Crippen LogP contribution < -0.4 is 10.6 Å². The van der Waals surface area contributed by atoms with Crippen LogP contribution in [0, 0.1) is 13.8 Å². The highest BCUT2D eigenvalue weighted by atomic mass is 16.3. The summed E-state index contributed by atoms with van der Waals surface area (Å²) in [5.41, 5.74) is 2.89. The maximum absolute atomic E-state index is 12.4. The summed E-state index contributed by atoms with van der Waals surface area (Å²) in [6.07, 6.45) is 1.56. The van der Waals surface area contributed by atoms with Crippen molar-refractivity contribution in [1.82, 2.24) is 10.2 Å². The van der Waals surface area contributed by atoms with Crippen LogP contribution in [0.25, 0.3) is 0 Å². The number of hydrogen-bond acceptors (Lipinski definition) is 4. The third-order valence-corrected chi connectivity index (χ3v) is 4.12. The Morgan fingerprint density at radius 1 is 1.24 bits per heavy atom. The van der Waals surface area contributed by atoms with Gasteiger partial charge in [-0.3, -0.25) is 14.5 Å². The topological polar surface area (TPSA) is 74.6 Å². The third kappa shape index (κ3) is 5.46. The molecule has 2 rings (SSSR count). The molecule has 0 aliphatic carbocycles. The first-order valence-electron chi connectivity index (χ1n) is 8.24. The van der Waals surface area contributed by atoms with Crippen LogP contribution >= 0.6 is 0 Å². The van der Waals surface area contributed by atoms with Crippen molar-refractivity contribution >= 4 is 17.5 Å². The Kier molecular flexibility index (Phi) is 6.36. The molecule has 1 aromatic heterocycles. The quantitative estimate of drug-likeness (QED) is 0.810. The molecule has 6 heteroatoms. The number of likely N-dealkylation sites (N-methyl/N-ethyl adjacent to an activating group) is 1. The number of carbonyl (C=O) groups excluding carboxylic acids is 2. The average molecular weight is 343 g/mol. The number of benzene rings is 1. The number of carbonyl (C=O) groups is 2. The molecular weight excluding hydrogens is 318 g/mol. The van der Waals surface area contributed by atoms with E-state index in [0.29, 0.717) is 12.3 Å². The van der Waals surface area contributed by atoms with E-state index in [0.717, 1.165) is 16.8 Å². The average Bonchev–Trinajstić information content (AvgIpc) is 3.09. The maximum Gasteiger partial charge on any atom is 0.241 e. The zero-order chi connectivity index (χ0) is 18.4. The first-order valence-corrected chi connectivity index (χ1v) is 8.24. The summed E-state index contributed by atoms with van der Waals surface area (Å²) in [5, 5.41) is 5.70. The van der Waals surface area contributed by atoms with E-state index < -0.39 is 6.04 Å². The molecule has 25 heavy (non-hydrogen) atoms. The van der Waals surface area contributed by atoms with Gasteiger partial charge < -0.3 is 15.1 Å². The van der Waals surface area contributed by atoms with E-state index in [-0.39, 0.29) is 18.4 Å². The Balaban J connectivity index is 1.85. The van der Waals surface area contributed by atoms with Crippen LogP contribution in [0.1, 0.15) is 23.8 Å². The van der Waals surface area contributed by atoms with Gasteiger partial charge in [-0.2, -0.15) is 0 Å². The molecule has 0 saturated carbocycles. The predicted molar refractivity (Wildman–Crippen MR) is 97.2 cm³/mol. The zero-order valence-corrected chi connectivity index (χ0v) is 15.1. The lowest BCUT2D eigenvalue weighted by molar-refractivity contribution is -0.125. The van der Waals surface area contributed by atoms with Crippen molar-refractivity contribution in [3.05, 3.63) is 53.5 Å². The number of aryl methyl sites for hydroxylation is 2. The number of furan rings is 1. The van der Waals surface area contributed by atoms with Crippen molar-refractivity contribution in [3.63, 3.8) is 0 Å². The van der Waals surface area contributed by atoms with Crippen molar-refractivity contribution in [2.75, 3.05) is 18.9 Å². The van der Waals surface area contributed by atoms with Crippen LogP contribution in [0.4, 0.5) is 5.69 Å². The fourth-order valence-electron chi connectivity index (χ4n) is 2.33. The second kappa shape index (κ2) is 8.48. The Hall–Kier alpha value is -2.60. The fourth-order valence-corrected chi connectivity index (χ4v) is 2.33. The summed E-state index contributed by atoms with van der Waals surface area (Å²) >= 11 is 0. The first kappa shape index (κ1) is 18.7. The molecule has 2 amide bonds. The van der Waals surface area contributed by atoms with Gasteiger partial charge in [-0.15, -0.1) is 0 Å². The Bertz CT molecular complexity index is 726. The van der Waals surface area contributed by atoms with Crippen LogP contribution in [-0.4, -0.2) is 36.3 Å². The van der Waals surface area contributed by atoms with E-state index in [1.165, 1.54) is 0 Å². The van der Waals surface area contributed by atoms with Gasteiger partial charge in [0.25, 0.3) is 0 Å². The number of nitrogens with zero attached hydrogens (tertiary/aromatic N) is 1. The molecule has 2 aromatic rings. The monoisotopic (exact) mass is 343 g/mol. The van der Waals surface area contributed by atoms with Gasteiger partial charge in [0.1, 0.15) is 5.76 Å². The van der Waals surface area contributed by atoms with Gasteiger partial charge >= 0.3 is 0 Å². The molecule has 0 aliphatic heterocycles. The van der Waals surface area contributed by atoms with Crippen LogP contribution in [0.3, 0.4) is 0 Å². The molecule has 1 heterocycles. The summed E-state index contributed by atoms with van der Waals surface area (Å²) in [6, 6.07) is 9.05. The largest absolute Gasteiger partial charge is 0.467 e. The summed E-state index contributed by atoms with van der Waals surface area (Å²) in [6.45, 7) is 6.17. The Morgan fingerprint density at radius 2 is 2.00 bits per heavy atom. The fraction of sp³-hybridized carbons (Fsp3) is 0.368. The van der Waals surface area contributed by atoms with Crippen molar-refractivity contribution in [2.45, 2.75) is 33.4 Å². The summed E-state index contributed by atoms with van der Waals surface area (Å²) in [5.74, 6) is 0.386. The minimum Gasteiger partial charge on any atom is -0.467 e. The van der Waals surface area contributed by atoms with E-state index in [1.807, 2.05) is 32.0 Å². The highest BCUT2D eigenvalue weighted by molar-refractivity contribution is 5.95. The number of amides is 2. The molecule has 1 atom stereocenters. The lowest BCUT2D eigenvalue weighted by Gasteiger charge is -2.23. The van der Waals surface area contributed by atoms with E-state index >= 15 is 0 Å². The second-order valence-corrected chi connectivity index (χ2v) is 6.25. The van der Waals surface area contributed by atoms with E-state index in [4.69, 9.17) is 4.42 Å². The van der Waals surface area contributed by atoms with Crippen LogP contribution in [-0.2, 0) is 16.1 Å². The van der Waals surface area contributed by atoms with Gasteiger partial charge in [0, 0.05) is 5.69 Å². The number of rotatable bonds is 7. The Morgan fingerprint density at radius 3 is 2.68 bits per heavy atom. The highest BCUT2D eigenvalue weighted by Crippen LogP contribution is 2.17. The molecule has 0 bridgehead atoms. The van der Waals surface area contributed by atoms with Crippen molar-refractivity contribution in [1.29, 1.82) is 0 Å². The minimum absolute atomic E-state index is 0.127. The molecular formula is C19H25N3O3. The van der Waals surface area contributed by atoms with Gasteiger partial charge in [0.2, 0.25) is 11.8 Å². The van der Waals surface area contributed by atoms with Gasteiger partial charge in [0.05, 0.1) is 25.4 Å². The van der Waals surface area contributed by atoms with E-state index in [9.17, 15) is 9.59 Å². The molecule has 2 N–H and O–H groups in total. The zero-order valence-electron chi connectivity index (χ0n) is 15.1. The lowest BCUT2D eigenvalue weighted by atomic mass is 10.1. The third-order valence-electron chi connectivity index (χ3n) is 4.12. The normalized spacial score (nSPS) is 12.0. The second-order valence-electron chi connectivity index (χ2n) is 6.25. The van der Waals surface area contributed by atoms with Gasteiger partial charge in [-0.25, -0.2) is 0 Å². The van der Waals surface area contributed by atoms with Crippen LogP contribution in [0.5, 0.6) is 0 Å². The van der Waals surface area contributed by atoms with Crippen LogP contribution in [0.15, 0.2) is 41.0 Å². The van der Waals surface area contributed by atoms with E-state index in [1.54, 1.807) is 37.3 Å². The standard InChI is InChI=1S/C19H25N3O3/c1-13-7-8-14(2)17(10-13)21-19(24)15(3)22(4)12-18(23)20-11-16-6-5-9-25-16/h5-10,15H,11-12H2,1-4H3,(H,20,23)(H,21,24)/t15-/m1/s1. The van der Waals surface area contributed by atoms with Gasteiger partial charge in [-0.1, -0.05) is 12.1 Å².